The number of amides is 1. The van der Waals surface area contributed by atoms with Gasteiger partial charge in [0.25, 0.3) is 21.6 Å². The highest BCUT2D eigenvalue weighted by atomic mass is 79.9. The Morgan fingerprint density at radius 2 is 1.81 bits per heavy atom. The maximum Gasteiger partial charge on any atom is 0.273 e. The van der Waals surface area contributed by atoms with Crippen LogP contribution in [0.2, 0.25) is 0 Å². The van der Waals surface area contributed by atoms with Gasteiger partial charge in [-0.05, 0) is 55.5 Å². The molecule has 3 rings (SSSR count). The molecule has 11 nitrogen and oxygen atoms in total. The number of hydrogen-bond donors (Lipinski definition) is 1. The third-order valence-electron chi connectivity index (χ3n) is 5.20. The second kappa shape index (κ2) is 11.8. The lowest BCUT2D eigenvalue weighted by Crippen LogP contribution is -2.39. The summed E-state index contributed by atoms with van der Waals surface area (Å²) in [5.41, 5.74) is 2.98. The number of benzene rings is 3. The third-order valence-corrected chi connectivity index (χ3v) is 7.46. The van der Waals surface area contributed by atoms with Crippen molar-refractivity contribution in [3.63, 3.8) is 0 Å². The lowest BCUT2D eigenvalue weighted by atomic mass is 10.2. The number of rotatable bonds is 10. The number of hydrogen-bond acceptors (Lipinski definition) is 8. The molecule has 3 aromatic rings. The summed E-state index contributed by atoms with van der Waals surface area (Å²) in [5, 5.41) is 15.3. The Hall–Kier alpha value is -3.97. The molecule has 0 radical (unpaired) electrons. The summed E-state index contributed by atoms with van der Waals surface area (Å²) in [6, 6.07) is 14.8. The Morgan fingerprint density at radius 3 is 2.43 bits per heavy atom. The predicted molar refractivity (Wildman–Crippen MR) is 142 cm³/mol. The Kier molecular flexibility index (Phi) is 8.84. The standard InChI is InChI=1S/C24H23BrN4O7S/c1-16-4-10-21(13-22(16)29(31)32)37(33,34)28(19-6-8-20(35-2)9-7-19)15-24(30)27-26-14-17-12-18(25)5-11-23(17)36-3/h4-14H,15H2,1-3H3,(H,27,30)/b26-14-. The maximum absolute atomic E-state index is 13.6. The second-order valence-electron chi connectivity index (χ2n) is 7.59. The summed E-state index contributed by atoms with van der Waals surface area (Å²) < 4.78 is 39.1. The van der Waals surface area contributed by atoms with Crippen molar-refractivity contribution in [2.75, 3.05) is 25.1 Å². The molecule has 0 aliphatic heterocycles. The minimum Gasteiger partial charge on any atom is -0.497 e. The molecule has 0 heterocycles. The highest BCUT2D eigenvalue weighted by Crippen LogP contribution is 2.29. The van der Waals surface area contributed by atoms with Gasteiger partial charge in [-0.2, -0.15) is 5.10 Å². The van der Waals surface area contributed by atoms with Crippen LogP contribution < -0.4 is 19.2 Å². The molecule has 0 aliphatic rings. The lowest BCUT2D eigenvalue weighted by Gasteiger charge is -2.24. The first-order valence-electron chi connectivity index (χ1n) is 10.6. The molecule has 1 amide bonds. The second-order valence-corrected chi connectivity index (χ2v) is 10.4. The summed E-state index contributed by atoms with van der Waals surface area (Å²) in [6.07, 6.45) is 1.36. The summed E-state index contributed by atoms with van der Waals surface area (Å²) in [6.45, 7) is 0.852. The lowest BCUT2D eigenvalue weighted by molar-refractivity contribution is -0.385. The Balaban J connectivity index is 1.93. The van der Waals surface area contributed by atoms with Gasteiger partial charge in [0.1, 0.15) is 18.0 Å². The van der Waals surface area contributed by atoms with Crippen molar-refractivity contribution >= 4 is 49.4 Å². The normalized spacial score (nSPS) is 11.2. The largest absolute Gasteiger partial charge is 0.497 e. The van der Waals surface area contributed by atoms with E-state index in [-0.39, 0.29) is 16.3 Å². The molecule has 0 aromatic heterocycles. The average molecular weight is 591 g/mol. The minimum atomic E-state index is -4.39. The fraction of sp³-hybridized carbons (Fsp3) is 0.167. The fourth-order valence-electron chi connectivity index (χ4n) is 3.28. The number of aryl methyl sites for hydroxylation is 1. The average Bonchev–Trinajstić information content (AvgIpc) is 2.87. The zero-order chi connectivity index (χ0) is 27.2. The van der Waals surface area contributed by atoms with Crippen LogP contribution >= 0.6 is 15.9 Å². The van der Waals surface area contributed by atoms with Crippen LogP contribution in [0.25, 0.3) is 0 Å². The first-order chi connectivity index (χ1) is 17.6. The van der Waals surface area contributed by atoms with Gasteiger partial charge in [0.2, 0.25) is 0 Å². The van der Waals surface area contributed by atoms with E-state index in [0.717, 1.165) is 14.8 Å². The van der Waals surface area contributed by atoms with Crippen LogP contribution in [0.15, 0.2) is 75.1 Å². The molecule has 0 bridgehead atoms. The number of nitro benzene ring substituents is 1. The number of methoxy groups -OCH3 is 2. The number of hydrazone groups is 1. The summed E-state index contributed by atoms with van der Waals surface area (Å²) >= 11 is 3.35. The molecule has 3 aromatic carbocycles. The maximum atomic E-state index is 13.6. The van der Waals surface area contributed by atoms with Crippen LogP contribution in [0.3, 0.4) is 0 Å². The highest BCUT2D eigenvalue weighted by molar-refractivity contribution is 9.10. The molecular formula is C24H23BrN4O7S. The Morgan fingerprint density at radius 1 is 1.11 bits per heavy atom. The zero-order valence-corrected chi connectivity index (χ0v) is 22.4. The Bertz CT molecular complexity index is 1440. The number of carbonyl (C=O) groups excluding carboxylic acids is 1. The van der Waals surface area contributed by atoms with E-state index in [1.54, 1.807) is 18.2 Å². The number of nitro groups is 1. The molecule has 0 aliphatic carbocycles. The SMILES string of the molecule is COc1ccc(N(CC(=O)N/N=C\c2cc(Br)ccc2OC)S(=O)(=O)c2ccc(C)c([N+](=O)[O-])c2)cc1. The number of halogens is 1. The number of nitrogens with one attached hydrogen (secondary N) is 1. The van der Waals surface area contributed by atoms with Crippen LogP contribution in [0, 0.1) is 17.0 Å². The highest BCUT2D eigenvalue weighted by Gasteiger charge is 2.29. The minimum absolute atomic E-state index is 0.150. The quantitative estimate of drug-likeness (QED) is 0.213. The summed E-state index contributed by atoms with van der Waals surface area (Å²) in [4.78, 5) is 23.1. The van der Waals surface area contributed by atoms with Crippen LogP contribution in [0.5, 0.6) is 11.5 Å². The van der Waals surface area contributed by atoms with Crippen LogP contribution in [0.1, 0.15) is 11.1 Å². The molecule has 0 saturated carbocycles. The number of ether oxygens (including phenoxy) is 2. The van der Waals surface area contributed by atoms with E-state index in [0.29, 0.717) is 22.6 Å². The fourth-order valence-corrected chi connectivity index (χ4v) is 5.10. The topological polar surface area (TPSA) is 140 Å². The van der Waals surface area contributed by atoms with E-state index in [2.05, 4.69) is 26.5 Å². The predicted octanol–water partition coefficient (Wildman–Crippen LogP) is 4.03. The van der Waals surface area contributed by atoms with E-state index in [1.165, 1.54) is 63.8 Å². The van der Waals surface area contributed by atoms with Gasteiger partial charge in [-0.1, -0.05) is 22.0 Å². The van der Waals surface area contributed by atoms with Crippen LogP contribution in [-0.4, -0.2) is 46.2 Å². The van der Waals surface area contributed by atoms with E-state index in [1.807, 2.05) is 0 Å². The van der Waals surface area contributed by atoms with Crippen molar-refractivity contribution in [3.8, 4) is 11.5 Å². The molecule has 0 spiro atoms. The zero-order valence-electron chi connectivity index (χ0n) is 20.0. The monoisotopic (exact) mass is 590 g/mol. The third kappa shape index (κ3) is 6.62. The van der Waals surface area contributed by atoms with E-state index >= 15 is 0 Å². The van der Waals surface area contributed by atoms with E-state index < -0.39 is 27.4 Å². The first-order valence-corrected chi connectivity index (χ1v) is 12.9. The van der Waals surface area contributed by atoms with Crippen molar-refractivity contribution in [2.45, 2.75) is 11.8 Å². The number of carbonyl (C=O) groups is 1. The van der Waals surface area contributed by atoms with Crippen molar-refractivity contribution in [1.82, 2.24) is 5.43 Å². The molecule has 194 valence electrons. The van der Waals surface area contributed by atoms with Crippen molar-refractivity contribution in [2.24, 2.45) is 5.10 Å². The Labute approximate surface area is 222 Å². The summed E-state index contributed by atoms with van der Waals surface area (Å²) in [7, 11) is -1.43. The van der Waals surface area contributed by atoms with Crippen molar-refractivity contribution in [3.05, 3.63) is 86.4 Å². The molecule has 0 saturated heterocycles. The number of nitrogens with zero attached hydrogens (tertiary/aromatic N) is 3. The van der Waals surface area contributed by atoms with Crippen molar-refractivity contribution in [1.29, 1.82) is 0 Å². The smallest absolute Gasteiger partial charge is 0.273 e. The van der Waals surface area contributed by atoms with Gasteiger partial charge in [0.15, 0.2) is 0 Å². The molecule has 0 fully saturated rings. The molecular weight excluding hydrogens is 568 g/mol. The van der Waals surface area contributed by atoms with Gasteiger partial charge in [0.05, 0.1) is 35.9 Å². The van der Waals surface area contributed by atoms with Gasteiger partial charge in [-0.3, -0.25) is 19.2 Å². The van der Waals surface area contributed by atoms with Crippen LogP contribution in [0.4, 0.5) is 11.4 Å². The van der Waals surface area contributed by atoms with Gasteiger partial charge < -0.3 is 9.47 Å². The van der Waals surface area contributed by atoms with Gasteiger partial charge in [0, 0.05) is 21.7 Å². The van der Waals surface area contributed by atoms with Crippen LogP contribution in [-0.2, 0) is 14.8 Å². The molecule has 37 heavy (non-hydrogen) atoms. The first kappa shape index (κ1) is 27.6. The van der Waals surface area contributed by atoms with Crippen molar-refractivity contribution < 1.29 is 27.6 Å². The molecule has 1 N–H and O–H groups in total. The van der Waals surface area contributed by atoms with Gasteiger partial charge in [-0.25, -0.2) is 13.8 Å². The van der Waals surface area contributed by atoms with E-state index in [9.17, 15) is 23.3 Å². The molecule has 0 unspecified atom stereocenters. The summed E-state index contributed by atoms with van der Waals surface area (Å²) in [5.74, 6) is 0.250. The molecule has 0 atom stereocenters. The number of anilines is 1. The molecule has 13 heteroatoms. The number of sulfonamides is 1. The van der Waals surface area contributed by atoms with Gasteiger partial charge >= 0.3 is 0 Å². The van der Waals surface area contributed by atoms with E-state index in [4.69, 9.17) is 9.47 Å². The van der Waals surface area contributed by atoms with Gasteiger partial charge in [-0.15, -0.1) is 0 Å².